The second kappa shape index (κ2) is 6.75. The number of nitrogens with two attached hydrogens (primary N) is 1. The zero-order valence-electron chi connectivity index (χ0n) is 12.3. The average Bonchev–Trinajstić information content (AvgIpc) is 2.47. The molecule has 0 radical (unpaired) electrons. The largest absolute Gasteiger partial charge is 0.399 e. The Bertz CT molecular complexity index is 627. The summed E-state index contributed by atoms with van der Waals surface area (Å²) in [6, 6.07) is 15.5. The van der Waals surface area contributed by atoms with Gasteiger partial charge in [0.25, 0.3) is 0 Å². The molecule has 0 aromatic heterocycles. The summed E-state index contributed by atoms with van der Waals surface area (Å²) in [5.74, 6) is -0.111. The van der Waals surface area contributed by atoms with Crippen LogP contribution in [-0.4, -0.2) is 5.91 Å². The Labute approximate surface area is 125 Å². The van der Waals surface area contributed by atoms with E-state index in [2.05, 4.69) is 5.32 Å². The van der Waals surface area contributed by atoms with E-state index in [9.17, 15) is 4.79 Å². The number of amides is 1. The van der Waals surface area contributed by atoms with Crippen molar-refractivity contribution in [2.75, 3.05) is 5.73 Å². The van der Waals surface area contributed by atoms with Gasteiger partial charge < -0.3 is 11.1 Å². The maximum atomic E-state index is 11.9. The van der Waals surface area contributed by atoms with Gasteiger partial charge in [-0.15, -0.1) is 0 Å². The maximum absolute atomic E-state index is 11.9. The Hall–Kier alpha value is -2.55. The van der Waals surface area contributed by atoms with Gasteiger partial charge in [-0.2, -0.15) is 0 Å². The molecule has 2 aromatic carbocycles. The fraction of sp³-hybridized carbons (Fsp3) is 0.167. The third kappa shape index (κ3) is 4.49. The number of hydrogen-bond acceptors (Lipinski definition) is 2. The van der Waals surface area contributed by atoms with Crippen LogP contribution in [0.15, 0.2) is 54.6 Å². The van der Waals surface area contributed by atoms with Crippen LogP contribution in [0, 0.1) is 6.92 Å². The first kappa shape index (κ1) is 14.9. The normalized spacial score (nSPS) is 12.3. The molecule has 0 aliphatic rings. The predicted molar refractivity (Wildman–Crippen MR) is 87.6 cm³/mol. The van der Waals surface area contributed by atoms with Crippen LogP contribution in [0.3, 0.4) is 0 Å². The molecular formula is C18H20N2O. The predicted octanol–water partition coefficient (Wildman–Crippen LogP) is 3.47. The second-order valence-corrected chi connectivity index (χ2v) is 5.14. The monoisotopic (exact) mass is 280 g/mol. The van der Waals surface area contributed by atoms with Crippen molar-refractivity contribution < 1.29 is 4.79 Å². The van der Waals surface area contributed by atoms with Crippen LogP contribution in [0.4, 0.5) is 5.69 Å². The first-order chi connectivity index (χ1) is 10.0. The van der Waals surface area contributed by atoms with Crippen molar-refractivity contribution in [1.82, 2.24) is 5.32 Å². The molecule has 1 amide bonds. The number of carbonyl (C=O) groups excluding carboxylic acids is 1. The fourth-order valence-electron chi connectivity index (χ4n) is 1.98. The van der Waals surface area contributed by atoms with Gasteiger partial charge in [-0.1, -0.05) is 42.0 Å². The van der Waals surface area contributed by atoms with Crippen molar-refractivity contribution in [3.05, 3.63) is 71.3 Å². The molecule has 0 saturated heterocycles. The quantitative estimate of drug-likeness (QED) is 0.665. The van der Waals surface area contributed by atoms with Gasteiger partial charge in [-0.25, -0.2) is 0 Å². The van der Waals surface area contributed by atoms with Crippen LogP contribution in [0.2, 0.25) is 0 Å². The lowest BCUT2D eigenvalue weighted by Crippen LogP contribution is -2.24. The molecule has 2 rings (SSSR count). The molecule has 0 aliphatic carbocycles. The van der Waals surface area contributed by atoms with Crippen LogP contribution in [0.1, 0.15) is 29.7 Å². The van der Waals surface area contributed by atoms with E-state index in [-0.39, 0.29) is 11.9 Å². The number of hydrogen-bond donors (Lipinski definition) is 2. The van der Waals surface area contributed by atoms with Gasteiger partial charge >= 0.3 is 0 Å². The molecule has 3 heteroatoms. The Kier molecular flexibility index (Phi) is 4.77. The smallest absolute Gasteiger partial charge is 0.244 e. The van der Waals surface area contributed by atoms with E-state index < -0.39 is 0 Å². The molecule has 3 nitrogen and oxygen atoms in total. The highest BCUT2D eigenvalue weighted by molar-refractivity contribution is 5.92. The minimum absolute atomic E-state index is 0.0193. The van der Waals surface area contributed by atoms with Gasteiger partial charge in [0, 0.05) is 11.8 Å². The highest BCUT2D eigenvalue weighted by Gasteiger charge is 2.06. The van der Waals surface area contributed by atoms with Gasteiger partial charge in [0.05, 0.1) is 6.04 Å². The van der Waals surface area contributed by atoms with Crippen molar-refractivity contribution in [2.24, 2.45) is 0 Å². The summed E-state index contributed by atoms with van der Waals surface area (Å²) in [6.07, 6.45) is 3.31. The molecule has 0 spiro atoms. The van der Waals surface area contributed by atoms with E-state index in [0.717, 1.165) is 11.1 Å². The van der Waals surface area contributed by atoms with Gasteiger partial charge in [0.2, 0.25) is 5.91 Å². The maximum Gasteiger partial charge on any atom is 0.244 e. The lowest BCUT2D eigenvalue weighted by molar-refractivity contribution is -0.117. The van der Waals surface area contributed by atoms with E-state index in [1.807, 2.05) is 62.4 Å². The second-order valence-electron chi connectivity index (χ2n) is 5.14. The zero-order valence-corrected chi connectivity index (χ0v) is 12.3. The van der Waals surface area contributed by atoms with Crippen molar-refractivity contribution in [3.63, 3.8) is 0 Å². The molecule has 0 heterocycles. The molecule has 0 fully saturated rings. The van der Waals surface area contributed by atoms with Gasteiger partial charge in [0.1, 0.15) is 0 Å². The lowest BCUT2D eigenvalue weighted by atomic mass is 10.1. The SMILES string of the molecule is Cc1ccc([C@@H](C)NC(=O)/C=C/c2ccc(N)cc2)cc1. The summed E-state index contributed by atoms with van der Waals surface area (Å²) in [5, 5.41) is 2.95. The molecule has 108 valence electrons. The van der Waals surface area contributed by atoms with Gasteiger partial charge in [-0.3, -0.25) is 4.79 Å². The van der Waals surface area contributed by atoms with Crippen LogP contribution in [-0.2, 0) is 4.79 Å². The molecule has 0 saturated carbocycles. The summed E-state index contributed by atoms with van der Waals surface area (Å²) < 4.78 is 0. The van der Waals surface area contributed by atoms with Gasteiger partial charge in [-0.05, 0) is 43.2 Å². The average molecular weight is 280 g/mol. The summed E-state index contributed by atoms with van der Waals surface area (Å²) in [4.78, 5) is 11.9. The first-order valence-corrected chi connectivity index (χ1v) is 6.95. The van der Waals surface area contributed by atoms with Crippen LogP contribution < -0.4 is 11.1 Å². The highest BCUT2D eigenvalue weighted by Crippen LogP contribution is 2.13. The Morgan fingerprint density at radius 1 is 1.10 bits per heavy atom. The minimum Gasteiger partial charge on any atom is -0.399 e. The number of nitrogen functional groups attached to an aromatic ring is 1. The van der Waals surface area contributed by atoms with Crippen LogP contribution >= 0.6 is 0 Å². The molecular weight excluding hydrogens is 260 g/mol. The third-order valence-corrected chi connectivity index (χ3v) is 3.30. The number of carbonyl (C=O) groups is 1. The molecule has 21 heavy (non-hydrogen) atoms. The summed E-state index contributed by atoms with van der Waals surface area (Å²) >= 11 is 0. The number of nitrogens with one attached hydrogen (secondary N) is 1. The molecule has 0 unspecified atom stereocenters. The highest BCUT2D eigenvalue weighted by atomic mass is 16.1. The number of rotatable bonds is 4. The standard InChI is InChI=1S/C18H20N2O/c1-13-3-8-16(9-4-13)14(2)20-18(21)12-7-15-5-10-17(19)11-6-15/h3-12,14H,19H2,1-2H3,(H,20,21)/b12-7+/t14-/m1/s1. The summed E-state index contributed by atoms with van der Waals surface area (Å²) in [5.41, 5.74) is 9.58. The Morgan fingerprint density at radius 2 is 1.71 bits per heavy atom. The molecule has 3 N–H and O–H groups in total. The van der Waals surface area contributed by atoms with Crippen LogP contribution in [0.25, 0.3) is 6.08 Å². The minimum atomic E-state index is -0.111. The van der Waals surface area contributed by atoms with E-state index >= 15 is 0 Å². The van der Waals surface area contributed by atoms with Crippen molar-refractivity contribution >= 4 is 17.7 Å². The fourth-order valence-corrected chi connectivity index (χ4v) is 1.98. The first-order valence-electron chi connectivity index (χ1n) is 6.95. The topological polar surface area (TPSA) is 55.1 Å². The zero-order chi connectivity index (χ0) is 15.2. The van der Waals surface area contributed by atoms with Crippen molar-refractivity contribution in [3.8, 4) is 0 Å². The molecule has 0 aliphatic heterocycles. The molecule has 2 aromatic rings. The molecule has 0 bridgehead atoms. The number of anilines is 1. The van der Waals surface area contributed by atoms with Crippen molar-refractivity contribution in [1.29, 1.82) is 0 Å². The summed E-state index contributed by atoms with van der Waals surface area (Å²) in [6.45, 7) is 4.02. The molecule has 1 atom stereocenters. The number of aryl methyl sites for hydroxylation is 1. The van der Waals surface area contributed by atoms with Gasteiger partial charge in [0.15, 0.2) is 0 Å². The Morgan fingerprint density at radius 3 is 2.33 bits per heavy atom. The third-order valence-electron chi connectivity index (χ3n) is 3.30. The van der Waals surface area contributed by atoms with E-state index in [4.69, 9.17) is 5.73 Å². The van der Waals surface area contributed by atoms with Crippen molar-refractivity contribution in [2.45, 2.75) is 19.9 Å². The summed E-state index contributed by atoms with van der Waals surface area (Å²) in [7, 11) is 0. The van der Waals surface area contributed by atoms with E-state index in [0.29, 0.717) is 5.69 Å². The van der Waals surface area contributed by atoms with E-state index in [1.165, 1.54) is 11.6 Å². The van der Waals surface area contributed by atoms with E-state index in [1.54, 1.807) is 6.08 Å². The van der Waals surface area contributed by atoms with Crippen LogP contribution in [0.5, 0.6) is 0 Å². The Balaban J connectivity index is 1.94. The number of benzene rings is 2. The lowest BCUT2D eigenvalue weighted by Gasteiger charge is -2.13.